The molecule has 0 unspecified atom stereocenters. The Kier molecular flexibility index (Phi) is 15.1. The van der Waals surface area contributed by atoms with Crippen LogP contribution in [0.2, 0.25) is 0 Å². The average molecular weight is 471 g/mol. The number of unbranched alkanes of at least 4 members (excludes halogenated alkanes) is 10. The summed E-state index contributed by atoms with van der Waals surface area (Å²) in [6, 6.07) is 9.55. The van der Waals surface area contributed by atoms with Crippen LogP contribution in [0.3, 0.4) is 0 Å². The van der Waals surface area contributed by atoms with E-state index in [1.54, 1.807) is 6.07 Å². The molecule has 0 N–H and O–H groups in total. The van der Waals surface area contributed by atoms with Gasteiger partial charge in [0, 0.05) is 0 Å². The molecule has 31 heavy (non-hydrogen) atoms. The van der Waals surface area contributed by atoms with Crippen molar-refractivity contribution in [3.63, 3.8) is 0 Å². The first-order valence-corrected chi connectivity index (χ1v) is 13.4. The van der Waals surface area contributed by atoms with Crippen molar-refractivity contribution < 1.29 is 64.4 Å². The Hall–Kier alpha value is 0.246. The van der Waals surface area contributed by atoms with Crippen molar-refractivity contribution in [3.8, 4) is 0 Å². The van der Waals surface area contributed by atoms with Crippen LogP contribution < -0.4 is 51.4 Å². The zero-order chi connectivity index (χ0) is 21.8. The number of rotatable bonds is 15. The third-order valence-corrected chi connectivity index (χ3v) is 6.99. The van der Waals surface area contributed by atoms with Crippen LogP contribution in [0.15, 0.2) is 35.2 Å². The third kappa shape index (κ3) is 9.95. The normalized spacial score (nSPS) is 11.6. The Morgan fingerprint density at radius 1 is 0.677 bits per heavy atom. The van der Waals surface area contributed by atoms with Crippen molar-refractivity contribution in [3.05, 3.63) is 41.5 Å². The van der Waals surface area contributed by atoms with Crippen LogP contribution in [0.1, 0.15) is 102 Å². The molecule has 0 heterocycles. The number of hydrogen-bond acceptors (Lipinski definition) is 3. The summed E-state index contributed by atoms with van der Waals surface area (Å²) in [5, 5.41) is 1.53. The Bertz CT molecular complexity index is 878. The number of benzene rings is 2. The molecule has 0 spiro atoms. The molecule has 0 aliphatic heterocycles. The molecule has 0 atom stereocenters. The van der Waals surface area contributed by atoms with Gasteiger partial charge in [-0.25, -0.2) is 8.42 Å². The smallest absolute Gasteiger partial charge is 0.744 e. The number of hydrogen-bond donors (Lipinski definition) is 0. The van der Waals surface area contributed by atoms with Crippen molar-refractivity contribution >= 4 is 20.9 Å². The van der Waals surface area contributed by atoms with Crippen molar-refractivity contribution in [1.82, 2.24) is 0 Å². The largest absolute Gasteiger partial charge is 1.00 e. The van der Waals surface area contributed by atoms with Crippen molar-refractivity contribution in [2.45, 2.75) is 109 Å². The van der Waals surface area contributed by atoms with Gasteiger partial charge in [-0.15, -0.1) is 0 Å². The Morgan fingerprint density at radius 2 is 1.13 bits per heavy atom. The number of aryl methyl sites for hydroxylation is 2. The van der Waals surface area contributed by atoms with E-state index in [1.807, 2.05) is 24.3 Å². The van der Waals surface area contributed by atoms with E-state index in [1.165, 1.54) is 63.4 Å². The van der Waals surface area contributed by atoms with Gasteiger partial charge in [0.15, 0.2) is 0 Å². The fraction of sp³-hybridized carbons (Fsp3) is 0.615. The maximum atomic E-state index is 12.2. The maximum Gasteiger partial charge on any atom is 1.00 e. The van der Waals surface area contributed by atoms with Crippen LogP contribution in [-0.4, -0.2) is 13.0 Å². The van der Waals surface area contributed by atoms with Gasteiger partial charge in [0.25, 0.3) is 0 Å². The summed E-state index contributed by atoms with van der Waals surface area (Å²) in [4.78, 5) is 0.0124. The molecule has 0 amide bonds. The van der Waals surface area contributed by atoms with Gasteiger partial charge in [-0.2, -0.15) is 0 Å². The Balaban J connectivity index is 0.00000480. The fourth-order valence-corrected chi connectivity index (χ4v) is 5.30. The van der Waals surface area contributed by atoms with Gasteiger partial charge in [-0.1, -0.05) is 108 Å². The van der Waals surface area contributed by atoms with E-state index in [9.17, 15) is 13.0 Å². The zero-order valence-electron chi connectivity index (χ0n) is 19.9. The van der Waals surface area contributed by atoms with Crippen molar-refractivity contribution in [2.24, 2.45) is 0 Å². The van der Waals surface area contributed by atoms with E-state index in [4.69, 9.17) is 0 Å². The molecule has 2 aromatic carbocycles. The van der Waals surface area contributed by atoms with Gasteiger partial charge in [-0.05, 0) is 47.6 Å². The Morgan fingerprint density at radius 3 is 1.65 bits per heavy atom. The van der Waals surface area contributed by atoms with E-state index < -0.39 is 10.1 Å². The molecule has 0 radical (unpaired) electrons. The summed E-state index contributed by atoms with van der Waals surface area (Å²) in [6.07, 6.45) is 15.9. The molecule has 0 aromatic heterocycles. The summed E-state index contributed by atoms with van der Waals surface area (Å²) < 4.78 is 36.5. The summed E-state index contributed by atoms with van der Waals surface area (Å²) >= 11 is 0. The summed E-state index contributed by atoms with van der Waals surface area (Å²) in [5.41, 5.74) is 1.91. The van der Waals surface area contributed by atoms with Gasteiger partial charge < -0.3 is 4.55 Å². The maximum absolute atomic E-state index is 12.2. The molecule has 0 fully saturated rings. The third-order valence-electron chi connectivity index (χ3n) is 6.01. The van der Waals surface area contributed by atoms with Gasteiger partial charge in [-0.3, -0.25) is 0 Å². The molecule has 2 rings (SSSR count). The molecule has 168 valence electrons. The average Bonchev–Trinajstić information content (AvgIpc) is 2.72. The van der Waals surface area contributed by atoms with E-state index in [0.29, 0.717) is 11.8 Å². The monoisotopic (exact) mass is 470 g/mol. The van der Waals surface area contributed by atoms with E-state index in [0.717, 1.165) is 36.6 Å². The SMILES string of the molecule is CCCCCCCCc1cc(CCCCCCCC)c2ccccc2c1S(=O)(=O)[O-].[K+]. The first-order chi connectivity index (χ1) is 14.5. The van der Waals surface area contributed by atoms with E-state index in [2.05, 4.69) is 13.8 Å². The van der Waals surface area contributed by atoms with Gasteiger partial charge in [0.05, 0.1) is 4.90 Å². The Labute approximate surface area is 233 Å². The van der Waals surface area contributed by atoms with Gasteiger partial charge in [0.1, 0.15) is 10.1 Å². The molecule has 5 heteroatoms. The first-order valence-electron chi connectivity index (χ1n) is 12.0. The second-order valence-electron chi connectivity index (χ2n) is 8.56. The van der Waals surface area contributed by atoms with E-state index in [-0.39, 0.29) is 56.3 Å². The quantitative estimate of drug-likeness (QED) is 0.218. The van der Waals surface area contributed by atoms with Crippen LogP contribution >= 0.6 is 0 Å². The zero-order valence-corrected chi connectivity index (χ0v) is 23.9. The predicted molar refractivity (Wildman–Crippen MR) is 126 cm³/mol. The van der Waals surface area contributed by atoms with Gasteiger partial charge >= 0.3 is 51.4 Å². The molecular formula is C26H39KO3S. The topological polar surface area (TPSA) is 57.2 Å². The minimum absolute atomic E-state index is 0. The molecular weight excluding hydrogens is 431 g/mol. The van der Waals surface area contributed by atoms with E-state index >= 15 is 0 Å². The van der Waals surface area contributed by atoms with Crippen LogP contribution in [0.25, 0.3) is 10.8 Å². The first kappa shape index (κ1) is 29.3. The molecule has 0 bridgehead atoms. The molecule has 0 aliphatic rings. The molecule has 3 nitrogen and oxygen atoms in total. The van der Waals surface area contributed by atoms with Crippen LogP contribution in [0.5, 0.6) is 0 Å². The summed E-state index contributed by atoms with van der Waals surface area (Å²) in [7, 11) is -4.51. The molecule has 0 aliphatic carbocycles. The predicted octanol–water partition coefficient (Wildman–Crippen LogP) is 4.55. The second-order valence-corrected chi connectivity index (χ2v) is 9.88. The summed E-state index contributed by atoms with van der Waals surface area (Å²) in [6.45, 7) is 4.43. The van der Waals surface area contributed by atoms with Crippen LogP contribution in [0.4, 0.5) is 0 Å². The molecule has 0 saturated carbocycles. The molecule has 2 aromatic rings. The van der Waals surface area contributed by atoms with Crippen molar-refractivity contribution in [2.75, 3.05) is 0 Å². The summed E-state index contributed by atoms with van der Waals surface area (Å²) in [5.74, 6) is 0. The molecule has 0 saturated heterocycles. The van der Waals surface area contributed by atoms with Gasteiger partial charge in [0.2, 0.25) is 0 Å². The van der Waals surface area contributed by atoms with Crippen LogP contribution in [-0.2, 0) is 23.0 Å². The fourth-order valence-electron chi connectivity index (χ4n) is 4.37. The minimum atomic E-state index is -4.51. The van der Waals surface area contributed by atoms with Crippen molar-refractivity contribution in [1.29, 1.82) is 0 Å². The standard InChI is InChI=1S/C26H40O3S.K/c1-3-5-7-9-11-13-17-22-21-23(18-14-12-10-8-6-4-2)26(30(27,28)29)25-20-16-15-19-24(22)25;/h15-16,19-21H,3-14,17-18H2,1-2H3,(H,27,28,29);/q;+1/p-1. The van der Waals surface area contributed by atoms with Crippen LogP contribution in [0, 0.1) is 0 Å². The second kappa shape index (κ2) is 16.0. The minimum Gasteiger partial charge on any atom is -0.744 e. The number of fused-ring (bicyclic) bond motifs is 1.